The molecule has 4 rings (SSSR count). The number of aromatic nitrogens is 2. The molecule has 22 heteroatoms. The van der Waals surface area contributed by atoms with E-state index in [9.17, 15) is 39.6 Å². The van der Waals surface area contributed by atoms with Gasteiger partial charge in [0.05, 0.1) is 10.4 Å². The molecule has 0 aliphatic heterocycles. The molecule has 10 N–H and O–H groups in total. The molecule has 1 aliphatic rings. The number of nitrogens with zero attached hydrogens (tertiary/aromatic N) is 2. The highest BCUT2D eigenvalue weighted by Gasteiger charge is 2.39. The summed E-state index contributed by atoms with van der Waals surface area (Å²) in [5.74, 6) is -5.40. The molecule has 0 saturated heterocycles. The van der Waals surface area contributed by atoms with Gasteiger partial charge in [0.1, 0.15) is 5.82 Å². The highest BCUT2D eigenvalue weighted by atomic mass is 32.2. The van der Waals surface area contributed by atoms with Gasteiger partial charge in [0.2, 0.25) is 16.0 Å². The molecule has 2 aromatic carbocycles. The predicted octanol–water partition coefficient (Wildman–Crippen LogP) is 3.31. The normalized spacial score (nSPS) is 16.2. The van der Waals surface area contributed by atoms with Crippen LogP contribution < -0.4 is 26.8 Å². The number of guanidine groups is 1. The van der Waals surface area contributed by atoms with Crippen LogP contribution in [0.25, 0.3) is 10.9 Å². The van der Waals surface area contributed by atoms with Crippen molar-refractivity contribution >= 4 is 56.5 Å². The number of hydrogen-bond acceptors (Lipinski definition) is 9. The Bertz CT molecular complexity index is 1770. The molecule has 0 radical (unpaired) electrons. The fourth-order valence-corrected chi connectivity index (χ4v) is 4.75. The number of carboxylic acid groups (broad SMARTS) is 2. The summed E-state index contributed by atoms with van der Waals surface area (Å²) in [6, 6.07) is 11.0. The van der Waals surface area contributed by atoms with Crippen LogP contribution in [-0.2, 0) is 19.6 Å². The summed E-state index contributed by atoms with van der Waals surface area (Å²) in [4.78, 5) is 39.6. The number of fused-ring (bicyclic) bond motifs is 1. The third-order valence-corrected chi connectivity index (χ3v) is 7.36. The number of primary sulfonamides is 1. The molecule has 268 valence electrons. The first-order chi connectivity index (χ1) is 22.5. The molecule has 1 aliphatic carbocycles. The number of hydrogen-bond donors (Lipinski definition) is 8. The van der Waals surface area contributed by atoms with Crippen molar-refractivity contribution in [2.75, 3.05) is 10.6 Å². The first kappa shape index (κ1) is 39.9. The lowest BCUT2D eigenvalue weighted by molar-refractivity contribution is -0.193. The number of nitrogens with two attached hydrogens (primary N) is 2. The average Bonchev–Trinajstić information content (AvgIpc) is 2.97. The molecule has 0 spiro atoms. The Morgan fingerprint density at radius 2 is 1.41 bits per heavy atom. The van der Waals surface area contributed by atoms with Crippen molar-refractivity contribution in [3.05, 3.63) is 53.6 Å². The first-order valence-corrected chi connectivity index (χ1v) is 15.2. The number of halogens is 6. The van der Waals surface area contributed by atoms with Crippen LogP contribution in [0.4, 0.5) is 38.1 Å². The number of carbonyl (C=O) groups excluding carboxylic acids is 1. The number of nitrogens with one attached hydrogen (secondary N) is 4. The van der Waals surface area contributed by atoms with Gasteiger partial charge in [0.15, 0.2) is 5.96 Å². The second-order valence-corrected chi connectivity index (χ2v) is 11.8. The van der Waals surface area contributed by atoms with Crippen LogP contribution in [0.2, 0.25) is 0 Å². The third-order valence-electron chi connectivity index (χ3n) is 6.44. The standard InChI is InChI=1S/C23H28N8O3S.2C2HF3O2/c1-13-6-11-17-16(12-13)20(27-18-4-2-3-5-19(18)28-22(24)25)30-23(29-17)31-21(32)14-7-9-15(10-8-14)35(26,33)34;2*3-2(4,5)1(6)7/h6-12,18-19H,2-5H2,1H3,(H4,24,25,28)(H2,26,33,34)(H2,27,29,30,31,32);2*(H,6,7). The second kappa shape index (κ2) is 16.2. The van der Waals surface area contributed by atoms with E-state index in [1.54, 1.807) is 0 Å². The van der Waals surface area contributed by atoms with Gasteiger partial charge in [-0.1, -0.05) is 24.5 Å². The molecule has 49 heavy (non-hydrogen) atoms. The summed E-state index contributed by atoms with van der Waals surface area (Å²) >= 11 is 0. The van der Waals surface area contributed by atoms with Crippen molar-refractivity contribution in [3.63, 3.8) is 0 Å². The van der Waals surface area contributed by atoms with Gasteiger partial charge in [-0.2, -0.15) is 31.3 Å². The highest BCUT2D eigenvalue weighted by Crippen LogP contribution is 2.28. The summed E-state index contributed by atoms with van der Waals surface area (Å²) < 4.78 is 86.4. The van der Waals surface area contributed by atoms with Gasteiger partial charge in [-0.3, -0.25) is 15.5 Å². The van der Waals surface area contributed by atoms with E-state index >= 15 is 0 Å². The number of alkyl halides is 6. The molecular formula is C27H30F6N8O7S. The number of aliphatic carboxylic acids is 2. The fourth-order valence-electron chi connectivity index (χ4n) is 4.23. The lowest BCUT2D eigenvalue weighted by Gasteiger charge is -2.33. The van der Waals surface area contributed by atoms with Crippen LogP contribution in [0.15, 0.2) is 47.4 Å². The van der Waals surface area contributed by atoms with E-state index in [-0.39, 0.29) is 34.5 Å². The smallest absolute Gasteiger partial charge is 0.475 e. The minimum atomic E-state index is -5.08. The zero-order valence-corrected chi connectivity index (χ0v) is 26.0. The molecule has 2 atom stereocenters. The number of rotatable bonds is 6. The fraction of sp³-hybridized carbons (Fsp3) is 0.333. The number of aryl methyl sites for hydroxylation is 1. The van der Waals surface area contributed by atoms with Crippen LogP contribution in [0.1, 0.15) is 41.6 Å². The van der Waals surface area contributed by atoms with Gasteiger partial charge in [-0.05, 0) is 56.2 Å². The third kappa shape index (κ3) is 12.7. The first-order valence-electron chi connectivity index (χ1n) is 13.7. The molecule has 1 amide bonds. The Morgan fingerprint density at radius 3 is 1.88 bits per heavy atom. The number of carboxylic acids is 2. The summed E-state index contributed by atoms with van der Waals surface area (Å²) in [5, 5.41) is 37.0. The quantitative estimate of drug-likeness (QED) is 0.103. The van der Waals surface area contributed by atoms with Gasteiger partial charge in [0, 0.05) is 23.0 Å². The lowest BCUT2D eigenvalue weighted by atomic mass is 9.90. The molecule has 2 unspecified atom stereocenters. The van der Waals surface area contributed by atoms with Crippen LogP contribution in [0.5, 0.6) is 0 Å². The molecule has 1 saturated carbocycles. The summed E-state index contributed by atoms with van der Waals surface area (Å²) in [6.45, 7) is 1.98. The predicted molar refractivity (Wildman–Crippen MR) is 162 cm³/mol. The zero-order chi connectivity index (χ0) is 37.3. The summed E-state index contributed by atoms with van der Waals surface area (Å²) in [7, 11) is -3.85. The van der Waals surface area contributed by atoms with Crippen molar-refractivity contribution in [3.8, 4) is 0 Å². The highest BCUT2D eigenvalue weighted by molar-refractivity contribution is 7.89. The maximum atomic E-state index is 12.8. The average molecular weight is 725 g/mol. The maximum absolute atomic E-state index is 12.8. The van der Waals surface area contributed by atoms with E-state index in [0.717, 1.165) is 36.6 Å². The van der Waals surface area contributed by atoms with E-state index in [0.29, 0.717) is 11.3 Å². The van der Waals surface area contributed by atoms with Gasteiger partial charge in [0.25, 0.3) is 5.91 Å². The van der Waals surface area contributed by atoms with Gasteiger partial charge >= 0.3 is 24.3 Å². The van der Waals surface area contributed by atoms with E-state index in [2.05, 4.69) is 25.9 Å². The van der Waals surface area contributed by atoms with Gasteiger partial charge in [-0.15, -0.1) is 0 Å². The second-order valence-electron chi connectivity index (χ2n) is 10.2. The van der Waals surface area contributed by atoms with Crippen LogP contribution >= 0.6 is 0 Å². The van der Waals surface area contributed by atoms with Crippen LogP contribution in [0.3, 0.4) is 0 Å². The molecule has 1 heterocycles. The van der Waals surface area contributed by atoms with Crippen molar-refractivity contribution in [1.82, 2.24) is 15.3 Å². The lowest BCUT2D eigenvalue weighted by Crippen LogP contribution is -2.50. The Labute approximate surface area is 273 Å². The molecule has 0 bridgehead atoms. The Balaban J connectivity index is 0.000000500. The summed E-state index contributed by atoms with van der Waals surface area (Å²) in [5.41, 5.74) is 7.51. The van der Waals surface area contributed by atoms with Gasteiger partial charge in [-0.25, -0.2) is 28.1 Å². The molecular weight excluding hydrogens is 694 g/mol. The Hall–Kier alpha value is -5.25. The number of anilines is 2. The van der Waals surface area contributed by atoms with E-state index < -0.39 is 40.2 Å². The number of amides is 1. The Morgan fingerprint density at radius 1 is 0.898 bits per heavy atom. The zero-order valence-electron chi connectivity index (χ0n) is 25.2. The molecule has 1 aromatic heterocycles. The topological polar surface area (TPSA) is 264 Å². The van der Waals surface area contributed by atoms with Crippen LogP contribution in [-0.4, -0.2) is 76.8 Å². The molecule has 3 aromatic rings. The largest absolute Gasteiger partial charge is 0.490 e. The molecule has 15 nitrogen and oxygen atoms in total. The molecule has 1 fully saturated rings. The minimum Gasteiger partial charge on any atom is -0.475 e. The monoisotopic (exact) mass is 724 g/mol. The van der Waals surface area contributed by atoms with Crippen molar-refractivity contribution in [2.24, 2.45) is 10.9 Å². The van der Waals surface area contributed by atoms with E-state index in [4.69, 9.17) is 36.1 Å². The number of benzene rings is 2. The summed E-state index contributed by atoms with van der Waals surface area (Å²) in [6.07, 6.45) is -6.34. The minimum absolute atomic E-state index is 0.0134. The van der Waals surface area contributed by atoms with Gasteiger partial charge < -0.3 is 26.6 Å². The van der Waals surface area contributed by atoms with Crippen LogP contribution in [0, 0.1) is 12.3 Å². The van der Waals surface area contributed by atoms with Crippen molar-refractivity contribution < 1.29 is 59.4 Å². The number of carbonyl (C=O) groups is 3. The van der Waals surface area contributed by atoms with Crippen molar-refractivity contribution in [2.45, 2.75) is 61.9 Å². The van der Waals surface area contributed by atoms with Crippen molar-refractivity contribution in [1.29, 1.82) is 5.41 Å². The SMILES string of the molecule is Cc1ccc2nc(NC(=O)c3ccc(S(N)(=O)=O)cc3)nc(NC3CCCCC3NC(=N)N)c2c1.O=C(O)C(F)(F)F.O=C(O)C(F)(F)F. The Kier molecular flexibility index (Phi) is 13.2. The van der Waals surface area contributed by atoms with E-state index in [1.807, 2.05) is 25.1 Å². The van der Waals surface area contributed by atoms with E-state index in [1.165, 1.54) is 24.3 Å². The maximum Gasteiger partial charge on any atom is 0.490 e. The number of sulfonamides is 1.